The number of rotatable bonds is 28. The van der Waals surface area contributed by atoms with Crippen LogP contribution in [-0.2, 0) is 14.4 Å². The average Bonchev–Trinajstić information content (AvgIpc) is 2.84. The Morgan fingerprint density at radius 1 is 0.500 bits per heavy atom. The molecule has 0 unspecified atom stereocenters. The largest absolute Gasteiger partial charge is 0.463 e. The summed E-state index contributed by atoms with van der Waals surface area (Å²) < 4.78 is 5.41. The zero-order valence-corrected chi connectivity index (χ0v) is 23.6. The molecule has 0 aliphatic heterocycles. The van der Waals surface area contributed by atoms with Gasteiger partial charge in [0.05, 0.1) is 0 Å². The highest BCUT2D eigenvalue weighted by molar-refractivity contribution is 5.69. The summed E-state index contributed by atoms with van der Waals surface area (Å²) in [6, 6.07) is 0. The number of hydroxylamine groups is 2. The van der Waals surface area contributed by atoms with E-state index in [-0.39, 0.29) is 5.97 Å². The molecule has 34 heavy (non-hydrogen) atoms. The van der Waals surface area contributed by atoms with E-state index in [4.69, 9.17) is 9.57 Å². The summed E-state index contributed by atoms with van der Waals surface area (Å²) in [5.74, 6) is -0.0649. The van der Waals surface area contributed by atoms with E-state index in [1.807, 2.05) is 0 Å². The van der Waals surface area contributed by atoms with E-state index in [1.165, 1.54) is 122 Å². The predicted octanol–water partition coefficient (Wildman–Crippen LogP) is 9.41. The van der Waals surface area contributed by atoms with Crippen LogP contribution >= 0.6 is 0 Å². The number of hydrogen-bond donors (Lipinski definition) is 0. The SMILES string of the molecule is CCCCCCCCCCCC(=O)OCCON(CCCCCCCC)CCCCCCCC. The molecule has 0 aromatic carbocycles. The Morgan fingerprint density at radius 3 is 1.32 bits per heavy atom. The number of nitrogens with zero attached hydrogens (tertiary/aromatic N) is 1. The maximum Gasteiger partial charge on any atom is 0.305 e. The number of carbonyl (C=O) groups excluding carboxylic acids is 1. The Morgan fingerprint density at radius 2 is 0.882 bits per heavy atom. The van der Waals surface area contributed by atoms with Crippen molar-refractivity contribution in [1.29, 1.82) is 0 Å². The second kappa shape index (κ2) is 28.6. The summed E-state index contributed by atoms with van der Waals surface area (Å²) in [5.41, 5.74) is 0. The molecule has 0 aromatic rings. The lowest BCUT2D eigenvalue weighted by Crippen LogP contribution is -2.28. The summed E-state index contributed by atoms with van der Waals surface area (Å²) >= 11 is 0. The number of hydrogen-bond acceptors (Lipinski definition) is 4. The molecule has 0 N–H and O–H groups in total. The van der Waals surface area contributed by atoms with Gasteiger partial charge >= 0.3 is 5.97 Å². The third-order valence-electron chi connectivity index (χ3n) is 6.63. The number of carbonyl (C=O) groups is 1. The summed E-state index contributed by atoms with van der Waals surface area (Å²) in [6.07, 6.45) is 27.6. The first kappa shape index (κ1) is 33.4. The third kappa shape index (κ3) is 26.0. The topological polar surface area (TPSA) is 38.8 Å². The molecule has 0 bridgehead atoms. The molecule has 204 valence electrons. The van der Waals surface area contributed by atoms with E-state index >= 15 is 0 Å². The van der Waals surface area contributed by atoms with Gasteiger partial charge in [-0.25, -0.2) is 0 Å². The predicted molar refractivity (Wildman–Crippen MR) is 147 cm³/mol. The molecule has 0 rings (SSSR count). The van der Waals surface area contributed by atoms with Gasteiger partial charge in [-0.05, 0) is 19.3 Å². The van der Waals surface area contributed by atoms with Crippen molar-refractivity contribution in [2.24, 2.45) is 0 Å². The smallest absolute Gasteiger partial charge is 0.305 e. The van der Waals surface area contributed by atoms with Crippen molar-refractivity contribution >= 4 is 5.97 Å². The first-order valence-electron chi connectivity index (χ1n) is 15.3. The zero-order valence-electron chi connectivity index (χ0n) is 23.6. The average molecular weight is 484 g/mol. The van der Waals surface area contributed by atoms with Gasteiger partial charge in [-0.1, -0.05) is 136 Å². The van der Waals surface area contributed by atoms with Crippen molar-refractivity contribution in [3.8, 4) is 0 Å². The molecule has 0 heterocycles. The highest BCUT2D eigenvalue weighted by Gasteiger charge is 2.07. The van der Waals surface area contributed by atoms with Crippen LogP contribution in [0, 0.1) is 0 Å². The fraction of sp³-hybridized carbons (Fsp3) is 0.967. The molecule has 0 amide bonds. The Balaban J connectivity index is 3.83. The molecule has 0 aliphatic carbocycles. The van der Waals surface area contributed by atoms with Crippen molar-refractivity contribution in [1.82, 2.24) is 5.06 Å². The van der Waals surface area contributed by atoms with E-state index < -0.39 is 0 Å². The molecular formula is C30H61NO3. The van der Waals surface area contributed by atoms with Crippen LogP contribution in [0.5, 0.6) is 0 Å². The normalized spacial score (nSPS) is 11.4. The summed E-state index contributed by atoms with van der Waals surface area (Å²) in [6.45, 7) is 9.63. The van der Waals surface area contributed by atoms with Gasteiger partial charge in [-0.3, -0.25) is 9.63 Å². The maximum atomic E-state index is 12.0. The van der Waals surface area contributed by atoms with Gasteiger partial charge in [0.15, 0.2) is 0 Å². The molecule has 0 saturated heterocycles. The molecule has 0 radical (unpaired) electrons. The molecular weight excluding hydrogens is 422 g/mol. The zero-order chi connectivity index (χ0) is 25.0. The molecule has 4 nitrogen and oxygen atoms in total. The standard InChI is InChI=1S/C30H61NO3/c1-4-7-10-13-16-17-18-19-22-25-30(32)33-28-29-34-31(26-23-20-14-11-8-5-2)27-24-21-15-12-9-6-3/h4-29H2,1-3H3. The quantitative estimate of drug-likeness (QED) is 0.0631. The molecule has 0 fully saturated rings. The first-order valence-corrected chi connectivity index (χ1v) is 15.3. The first-order chi connectivity index (χ1) is 16.7. The van der Waals surface area contributed by atoms with Crippen LogP contribution in [0.25, 0.3) is 0 Å². The van der Waals surface area contributed by atoms with Gasteiger partial charge in [-0.2, -0.15) is 5.06 Å². The Hall–Kier alpha value is -0.610. The minimum absolute atomic E-state index is 0.0649. The van der Waals surface area contributed by atoms with Gasteiger partial charge in [-0.15, -0.1) is 0 Å². The van der Waals surface area contributed by atoms with E-state index in [1.54, 1.807) is 0 Å². The molecule has 0 saturated carbocycles. The van der Waals surface area contributed by atoms with Crippen LogP contribution in [0.15, 0.2) is 0 Å². The second-order valence-electron chi connectivity index (χ2n) is 10.1. The Kier molecular flexibility index (Phi) is 28.1. The summed E-state index contributed by atoms with van der Waals surface area (Å²) in [7, 11) is 0. The van der Waals surface area contributed by atoms with E-state index in [0.717, 1.165) is 25.9 Å². The number of unbranched alkanes of at least 4 members (excludes halogenated alkanes) is 18. The molecule has 0 atom stereocenters. The van der Waals surface area contributed by atoms with E-state index in [0.29, 0.717) is 19.6 Å². The lowest BCUT2D eigenvalue weighted by Gasteiger charge is -2.22. The van der Waals surface area contributed by atoms with Crippen molar-refractivity contribution in [2.45, 2.75) is 162 Å². The van der Waals surface area contributed by atoms with E-state index in [9.17, 15) is 4.79 Å². The van der Waals surface area contributed by atoms with Crippen molar-refractivity contribution in [3.63, 3.8) is 0 Å². The van der Waals surface area contributed by atoms with Gasteiger partial charge in [0.2, 0.25) is 0 Å². The van der Waals surface area contributed by atoms with Gasteiger partial charge < -0.3 is 4.74 Å². The van der Waals surface area contributed by atoms with Gasteiger partial charge in [0.25, 0.3) is 0 Å². The highest BCUT2D eigenvalue weighted by Crippen LogP contribution is 2.11. The second-order valence-corrected chi connectivity index (χ2v) is 10.1. The van der Waals surface area contributed by atoms with Crippen LogP contribution in [0.2, 0.25) is 0 Å². The maximum absolute atomic E-state index is 12.0. The lowest BCUT2D eigenvalue weighted by molar-refractivity contribution is -0.176. The highest BCUT2D eigenvalue weighted by atomic mass is 16.7. The fourth-order valence-electron chi connectivity index (χ4n) is 4.35. The van der Waals surface area contributed by atoms with Crippen LogP contribution < -0.4 is 0 Å². The molecule has 0 aliphatic rings. The minimum Gasteiger partial charge on any atom is -0.463 e. The summed E-state index contributed by atoms with van der Waals surface area (Å²) in [4.78, 5) is 18.0. The van der Waals surface area contributed by atoms with Crippen LogP contribution in [0.3, 0.4) is 0 Å². The van der Waals surface area contributed by atoms with Crippen molar-refractivity contribution in [2.75, 3.05) is 26.3 Å². The molecule has 0 aromatic heterocycles. The number of esters is 1. The van der Waals surface area contributed by atoms with Crippen molar-refractivity contribution < 1.29 is 14.4 Å². The van der Waals surface area contributed by atoms with Crippen molar-refractivity contribution in [3.05, 3.63) is 0 Å². The minimum atomic E-state index is -0.0649. The third-order valence-corrected chi connectivity index (χ3v) is 6.63. The monoisotopic (exact) mass is 483 g/mol. The summed E-state index contributed by atoms with van der Waals surface area (Å²) in [5, 5.41) is 2.13. The van der Waals surface area contributed by atoms with Crippen LogP contribution in [0.1, 0.15) is 162 Å². The lowest BCUT2D eigenvalue weighted by atomic mass is 10.1. The molecule has 0 spiro atoms. The van der Waals surface area contributed by atoms with E-state index in [2.05, 4.69) is 25.8 Å². The number of ether oxygens (including phenoxy) is 1. The van der Waals surface area contributed by atoms with Gasteiger partial charge in [0, 0.05) is 19.5 Å². The van der Waals surface area contributed by atoms with Crippen LogP contribution in [-0.4, -0.2) is 37.3 Å². The fourth-order valence-corrected chi connectivity index (χ4v) is 4.35. The van der Waals surface area contributed by atoms with Crippen LogP contribution in [0.4, 0.5) is 0 Å². The Labute approximate surface area is 213 Å². The molecule has 4 heteroatoms. The van der Waals surface area contributed by atoms with Gasteiger partial charge in [0.1, 0.15) is 13.2 Å². The Bertz CT molecular complexity index is 387.